The molecule has 2 aromatic carbocycles. The number of amides is 1. The first-order valence-corrected chi connectivity index (χ1v) is 6.78. The van der Waals surface area contributed by atoms with Crippen molar-refractivity contribution >= 4 is 23.0 Å². The Morgan fingerprint density at radius 3 is 2.35 bits per heavy atom. The standard InChI is InChI=1S/C17H18N2O/c1-12-8-9-14(13(2)10-12)19-16-7-5-4-6-15(16)18(3)11-17(19)20/h4-10H,11H2,1-3H3. The smallest absolute Gasteiger partial charge is 0.251 e. The summed E-state index contributed by atoms with van der Waals surface area (Å²) >= 11 is 0. The van der Waals surface area contributed by atoms with Gasteiger partial charge in [0.1, 0.15) is 0 Å². The molecule has 20 heavy (non-hydrogen) atoms. The molecule has 1 aliphatic heterocycles. The minimum absolute atomic E-state index is 0.109. The number of hydrogen-bond donors (Lipinski definition) is 0. The fraction of sp³-hybridized carbons (Fsp3) is 0.235. The molecule has 0 fully saturated rings. The summed E-state index contributed by atoms with van der Waals surface area (Å²) < 4.78 is 0. The molecule has 0 saturated heterocycles. The lowest BCUT2D eigenvalue weighted by Crippen LogP contribution is -2.41. The van der Waals surface area contributed by atoms with E-state index in [2.05, 4.69) is 32.0 Å². The quantitative estimate of drug-likeness (QED) is 0.789. The van der Waals surface area contributed by atoms with Crippen molar-refractivity contribution in [1.82, 2.24) is 0 Å². The molecule has 0 unspecified atom stereocenters. The molecule has 0 aliphatic carbocycles. The molecule has 102 valence electrons. The molecular weight excluding hydrogens is 248 g/mol. The van der Waals surface area contributed by atoms with Gasteiger partial charge in [-0.15, -0.1) is 0 Å². The van der Waals surface area contributed by atoms with Crippen LogP contribution in [0.1, 0.15) is 11.1 Å². The predicted octanol–water partition coefficient (Wildman–Crippen LogP) is 3.42. The summed E-state index contributed by atoms with van der Waals surface area (Å²) in [5.74, 6) is 0.109. The molecule has 0 N–H and O–H groups in total. The highest BCUT2D eigenvalue weighted by Gasteiger charge is 2.28. The number of hydrogen-bond acceptors (Lipinski definition) is 2. The lowest BCUT2D eigenvalue weighted by Gasteiger charge is -2.36. The van der Waals surface area contributed by atoms with Crippen LogP contribution in [0.3, 0.4) is 0 Å². The second-order valence-corrected chi connectivity index (χ2v) is 5.36. The van der Waals surface area contributed by atoms with Crippen molar-refractivity contribution in [2.75, 3.05) is 23.4 Å². The number of likely N-dealkylation sites (N-methyl/N-ethyl adjacent to an activating group) is 1. The van der Waals surface area contributed by atoms with Gasteiger partial charge in [0.15, 0.2) is 0 Å². The van der Waals surface area contributed by atoms with Crippen LogP contribution < -0.4 is 9.80 Å². The van der Waals surface area contributed by atoms with Crippen molar-refractivity contribution in [3.05, 3.63) is 53.6 Å². The van der Waals surface area contributed by atoms with Crippen molar-refractivity contribution in [3.63, 3.8) is 0 Å². The molecule has 1 aliphatic rings. The Morgan fingerprint density at radius 2 is 1.65 bits per heavy atom. The van der Waals surface area contributed by atoms with E-state index in [1.165, 1.54) is 5.56 Å². The Kier molecular flexibility index (Phi) is 2.97. The Hall–Kier alpha value is -2.29. The second kappa shape index (κ2) is 4.67. The molecule has 3 nitrogen and oxygen atoms in total. The summed E-state index contributed by atoms with van der Waals surface area (Å²) in [4.78, 5) is 16.3. The summed E-state index contributed by atoms with van der Waals surface area (Å²) in [6.07, 6.45) is 0. The Balaban J connectivity index is 2.18. The molecular formula is C17H18N2O. The highest BCUT2D eigenvalue weighted by molar-refractivity contribution is 6.08. The lowest BCUT2D eigenvalue weighted by molar-refractivity contribution is -0.116. The molecule has 1 amide bonds. The number of fused-ring (bicyclic) bond motifs is 1. The summed E-state index contributed by atoms with van der Waals surface area (Å²) in [5, 5.41) is 0. The zero-order chi connectivity index (χ0) is 14.3. The summed E-state index contributed by atoms with van der Waals surface area (Å²) in [5.41, 5.74) is 5.35. The lowest BCUT2D eigenvalue weighted by atomic mass is 10.1. The summed E-state index contributed by atoms with van der Waals surface area (Å²) in [6, 6.07) is 14.2. The molecule has 2 aromatic rings. The van der Waals surface area contributed by atoms with E-state index in [9.17, 15) is 4.79 Å². The first kappa shape index (κ1) is 12.7. The summed E-state index contributed by atoms with van der Waals surface area (Å²) in [7, 11) is 1.95. The zero-order valence-electron chi connectivity index (χ0n) is 12.1. The third-order valence-electron chi connectivity index (χ3n) is 3.75. The fourth-order valence-electron chi connectivity index (χ4n) is 2.79. The van der Waals surface area contributed by atoms with Crippen LogP contribution in [-0.2, 0) is 4.79 Å². The second-order valence-electron chi connectivity index (χ2n) is 5.36. The van der Waals surface area contributed by atoms with Crippen LogP contribution in [0.25, 0.3) is 0 Å². The molecule has 0 aromatic heterocycles. The number of rotatable bonds is 1. The van der Waals surface area contributed by atoms with Crippen LogP contribution in [0, 0.1) is 13.8 Å². The van der Waals surface area contributed by atoms with E-state index in [1.54, 1.807) is 0 Å². The topological polar surface area (TPSA) is 23.6 Å². The third-order valence-corrected chi connectivity index (χ3v) is 3.75. The fourth-order valence-corrected chi connectivity index (χ4v) is 2.79. The van der Waals surface area contributed by atoms with Gasteiger partial charge in [-0.25, -0.2) is 0 Å². The predicted molar refractivity (Wildman–Crippen MR) is 82.8 cm³/mol. The monoisotopic (exact) mass is 266 g/mol. The van der Waals surface area contributed by atoms with Gasteiger partial charge in [0.25, 0.3) is 5.91 Å². The van der Waals surface area contributed by atoms with Crippen LogP contribution in [0.15, 0.2) is 42.5 Å². The number of aryl methyl sites for hydroxylation is 2. The number of anilines is 3. The van der Waals surface area contributed by atoms with Gasteiger partial charge in [0.05, 0.1) is 23.6 Å². The van der Waals surface area contributed by atoms with E-state index < -0.39 is 0 Å². The third kappa shape index (κ3) is 1.95. The van der Waals surface area contributed by atoms with Crippen molar-refractivity contribution in [1.29, 1.82) is 0 Å². The maximum absolute atomic E-state index is 12.5. The zero-order valence-corrected chi connectivity index (χ0v) is 12.1. The van der Waals surface area contributed by atoms with Crippen LogP contribution >= 0.6 is 0 Å². The summed E-state index contributed by atoms with van der Waals surface area (Å²) in [6.45, 7) is 4.53. The molecule has 0 bridgehead atoms. The van der Waals surface area contributed by atoms with Crippen LogP contribution in [0.2, 0.25) is 0 Å². The van der Waals surface area contributed by atoms with Gasteiger partial charge < -0.3 is 4.90 Å². The maximum Gasteiger partial charge on any atom is 0.251 e. The average Bonchev–Trinajstić information content (AvgIpc) is 2.41. The molecule has 0 saturated carbocycles. The number of carbonyl (C=O) groups is 1. The van der Waals surface area contributed by atoms with E-state index in [-0.39, 0.29) is 5.91 Å². The van der Waals surface area contributed by atoms with Gasteiger partial charge in [-0.2, -0.15) is 0 Å². The number of carbonyl (C=O) groups excluding carboxylic acids is 1. The largest absolute Gasteiger partial charge is 0.364 e. The van der Waals surface area contributed by atoms with Crippen LogP contribution in [-0.4, -0.2) is 19.5 Å². The average molecular weight is 266 g/mol. The van der Waals surface area contributed by atoms with E-state index in [0.717, 1.165) is 22.6 Å². The minimum Gasteiger partial charge on any atom is -0.364 e. The van der Waals surface area contributed by atoms with E-state index >= 15 is 0 Å². The Labute approximate surface area is 119 Å². The highest BCUT2D eigenvalue weighted by atomic mass is 16.2. The number of benzene rings is 2. The minimum atomic E-state index is 0.109. The molecule has 0 radical (unpaired) electrons. The number of nitrogens with zero attached hydrogens (tertiary/aromatic N) is 2. The van der Waals surface area contributed by atoms with E-state index in [1.807, 2.05) is 41.1 Å². The van der Waals surface area contributed by atoms with Gasteiger partial charge in [-0.05, 0) is 37.6 Å². The van der Waals surface area contributed by atoms with E-state index in [0.29, 0.717) is 6.54 Å². The molecule has 0 spiro atoms. The van der Waals surface area contributed by atoms with Gasteiger partial charge in [-0.1, -0.05) is 29.8 Å². The SMILES string of the molecule is Cc1ccc(N2C(=O)CN(C)c3ccccc32)c(C)c1. The first-order chi connectivity index (χ1) is 9.58. The molecule has 1 heterocycles. The van der Waals surface area contributed by atoms with Crippen molar-refractivity contribution < 1.29 is 4.79 Å². The first-order valence-electron chi connectivity index (χ1n) is 6.78. The molecule has 3 rings (SSSR count). The Bertz CT molecular complexity index is 678. The van der Waals surface area contributed by atoms with Crippen molar-refractivity contribution in [2.45, 2.75) is 13.8 Å². The van der Waals surface area contributed by atoms with Crippen molar-refractivity contribution in [2.24, 2.45) is 0 Å². The van der Waals surface area contributed by atoms with Crippen molar-refractivity contribution in [3.8, 4) is 0 Å². The number of para-hydroxylation sites is 2. The molecule has 3 heteroatoms. The van der Waals surface area contributed by atoms with Gasteiger partial charge in [0.2, 0.25) is 0 Å². The van der Waals surface area contributed by atoms with E-state index in [4.69, 9.17) is 0 Å². The van der Waals surface area contributed by atoms with Crippen LogP contribution in [0.4, 0.5) is 17.1 Å². The molecule has 0 atom stereocenters. The van der Waals surface area contributed by atoms with Gasteiger partial charge in [-0.3, -0.25) is 9.69 Å². The Morgan fingerprint density at radius 1 is 0.950 bits per heavy atom. The van der Waals surface area contributed by atoms with Crippen LogP contribution in [0.5, 0.6) is 0 Å². The van der Waals surface area contributed by atoms with Gasteiger partial charge >= 0.3 is 0 Å². The van der Waals surface area contributed by atoms with Gasteiger partial charge in [0, 0.05) is 7.05 Å². The highest BCUT2D eigenvalue weighted by Crippen LogP contribution is 2.38. The maximum atomic E-state index is 12.5. The normalized spacial score (nSPS) is 14.4.